The van der Waals surface area contributed by atoms with Gasteiger partial charge in [0.05, 0.1) is 11.5 Å². The van der Waals surface area contributed by atoms with Crippen LogP contribution in [0.2, 0.25) is 0 Å². The van der Waals surface area contributed by atoms with E-state index in [1.54, 1.807) is 0 Å². The Kier molecular flexibility index (Phi) is 1.24. The first-order chi connectivity index (χ1) is 3.39. The predicted octanol–water partition coefficient (Wildman–Crippen LogP) is 0.0637. The van der Waals surface area contributed by atoms with E-state index in [2.05, 4.69) is 5.43 Å². The molecule has 1 saturated heterocycles. The minimum absolute atomic E-state index is 0.653. The largest absolute Gasteiger partial charge is 0.225 e. The second-order valence-corrected chi connectivity index (χ2v) is 1.72. The highest BCUT2D eigenvalue weighted by Gasteiger charge is 2.10. The van der Waals surface area contributed by atoms with Gasteiger partial charge in [-0.1, -0.05) is 0 Å². The molecule has 0 aromatic heterocycles. The van der Waals surface area contributed by atoms with Crippen LogP contribution in [-0.4, -0.2) is 18.0 Å². The molecule has 3 heteroatoms. The Morgan fingerprint density at radius 3 is 2.57 bits per heavy atom. The Balaban J connectivity index is 2.25. The molecule has 0 aromatic carbocycles. The topological polar surface area (TPSA) is 32.1 Å². The standard InChI is InChI=1S/C4H9N2O/c7-6-4-2-1-3-5-6/h1-4H2,(H,5,7)/q+1. The van der Waals surface area contributed by atoms with Crippen LogP contribution >= 0.6 is 0 Å². The summed E-state index contributed by atoms with van der Waals surface area (Å²) in [5.41, 5.74) is 2.66. The van der Waals surface area contributed by atoms with E-state index in [4.69, 9.17) is 0 Å². The molecule has 40 valence electrons. The van der Waals surface area contributed by atoms with Crippen LogP contribution in [0.25, 0.3) is 0 Å². The summed E-state index contributed by atoms with van der Waals surface area (Å²) in [6, 6.07) is 0. The van der Waals surface area contributed by atoms with E-state index in [0.29, 0.717) is 6.54 Å². The maximum atomic E-state index is 10.3. The van der Waals surface area contributed by atoms with Crippen molar-refractivity contribution in [3.63, 3.8) is 0 Å². The van der Waals surface area contributed by atoms with Gasteiger partial charge in [-0.05, 0) is 6.42 Å². The number of hydrazine groups is 1. The summed E-state index contributed by atoms with van der Waals surface area (Å²) < 4.78 is 0. The van der Waals surface area contributed by atoms with E-state index >= 15 is 0 Å². The molecule has 0 aromatic rings. The zero-order chi connectivity index (χ0) is 5.11. The fourth-order valence-electron chi connectivity index (χ4n) is 0.663. The lowest BCUT2D eigenvalue weighted by molar-refractivity contribution is -0.615. The number of hydrogen-bond acceptors (Lipinski definition) is 1. The summed E-state index contributed by atoms with van der Waals surface area (Å²) in [6.07, 6.45) is 2.18. The second-order valence-electron chi connectivity index (χ2n) is 1.72. The Morgan fingerprint density at radius 1 is 1.43 bits per heavy atom. The molecule has 1 aliphatic heterocycles. The number of hydrogen-bond donors (Lipinski definition) is 1. The average molecular weight is 101 g/mol. The van der Waals surface area contributed by atoms with Crippen molar-refractivity contribution in [2.24, 2.45) is 0 Å². The first-order valence-corrected chi connectivity index (χ1v) is 2.58. The Morgan fingerprint density at radius 2 is 2.29 bits per heavy atom. The molecule has 0 unspecified atom stereocenters. The van der Waals surface area contributed by atoms with Gasteiger partial charge in [-0.2, -0.15) is 5.43 Å². The molecular weight excluding hydrogens is 92.1 g/mol. The number of nitroso groups, excluding NO2 is 1. The molecule has 0 bridgehead atoms. The third kappa shape index (κ3) is 1.14. The molecule has 0 saturated carbocycles. The van der Waals surface area contributed by atoms with E-state index in [-0.39, 0.29) is 0 Å². The van der Waals surface area contributed by atoms with E-state index in [9.17, 15) is 4.91 Å². The van der Waals surface area contributed by atoms with Crippen LogP contribution < -0.4 is 5.43 Å². The van der Waals surface area contributed by atoms with E-state index in [1.807, 2.05) is 0 Å². The van der Waals surface area contributed by atoms with E-state index in [1.165, 1.54) is 0 Å². The Hall–Kier alpha value is -0.600. The molecule has 1 rings (SSSR count). The van der Waals surface area contributed by atoms with Crippen LogP contribution in [0.5, 0.6) is 0 Å². The molecular formula is C4H9N2O+. The predicted molar refractivity (Wildman–Crippen MR) is 25.7 cm³/mol. The van der Waals surface area contributed by atoms with Gasteiger partial charge in [0, 0.05) is 6.42 Å². The van der Waals surface area contributed by atoms with Crippen molar-refractivity contribution < 1.29 is 4.87 Å². The van der Waals surface area contributed by atoms with Crippen LogP contribution in [0.4, 0.5) is 0 Å². The lowest BCUT2D eigenvalue weighted by Crippen LogP contribution is -2.33. The quantitative estimate of drug-likeness (QED) is 0.438. The maximum absolute atomic E-state index is 10.3. The van der Waals surface area contributed by atoms with Gasteiger partial charge in [-0.25, -0.2) is 0 Å². The first kappa shape index (κ1) is 4.56. The Labute approximate surface area is 42.3 Å². The molecule has 0 amide bonds. The van der Waals surface area contributed by atoms with Gasteiger partial charge in [0.25, 0.3) is 0 Å². The van der Waals surface area contributed by atoms with E-state index < -0.39 is 0 Å². The average Bonchev–Trinajstić information content (AvgIpc) is 1.69. The van der Waals surface area contributed by atoms with Crippen LogP contribution in [0.3, 0.4) is 0 Å². The van der Waals surface area contributed by atoms with Crippen molar-refractivity contribution in [2.45, 2.75) is 12.8 Å². The molecule has 0 spiro atoms. The molecule has 1 fully saturated rings. The van der Waals surface area contributed by atoms with Gasteiger partial charge in [-0.3, -0.25) is 0 Å². The summed E-state index contributed by atoms with van der Waals surface area (Å²) in [5.74, 6) is 0. The highest BCUT2D eigenvalue weighted by atomic mass is 16.3. The third-order valence-corrected chi connectivity index (χ3v) is 1.08. The van der Waals surface area contributed by atoms with Gasteiger partial charge in [0.15, 0.2) is 0 Å². The molecule has 1 N–H and O–H groups in total. The zero-order valence-electron chi connectivity index (χ0n) is 4.18. The monoisotopic (exact) mass is 101 g/mol. The van der Waals surface area contributed by atoms with Crippen molar-refractivity contribution in [2.75, 3.05) is 13.1 Å². The lowest BCUT2D eigenvalue weighted by atomic mass is 10.3. The lowest BCUT2D eigenvalue weighted by Gasteiger charge is -2.01. The summed E-state index contributed by atoms with van der Waals surface area (Å²) in [6.45, 7) is 1.50. The van der Waals surface area contributed by atoms with Gasteiger partial charge in [-0.15, -0.1) is 0 Å². The molecule has 0 atom stereocenters. The second kappa shape index (κ2) is 1.91. The highest BCUT2D eigenvalue weighted by molar-refractivity contribution is 4.41. The summed E-state index contributed by atoms with van der Waals surface area (Å²) in [7, 11) is 0. The van der Waals surface area contributed by atoms with Crippen molar-refractivity contribution in [1.82, 2.24) is 5.43 Å². The van der Waals surface area contributed by atoms with Crippen molar-refractivity contribution in [3.8, 4) is 0 Å². The normalized spacial score (nSPS) is 21.4. The van der Waals surface area contributed by atoms with Gasteiger partial charge in [0.2, 0.25) is 6.54 Å². The smallest absolute Gasteiger partial charge is 0.153 e. The third-order valence-electron chi connectivity index (χ3n) is 1.08. The van der Waals surface area contributed by atoms with Crippen molar-refractivity contribution >= 4 is 0 Å². The Bertz CT molecular complexity index is 73.8. The number of rotatable bonds is 0. The maximum Gasteiger partial charge on any atom is 0.225 e. The summed E-state index contributed by atoms with van der Waals surface area (Å²) in [4.78, 5) is 11.2. The number of nitrogens with one attached hydrogen (secondary N) is 1. The minimum atomic E-state index is 0.653. The van der Waals surface area contributed by atoms with Crippen molar-refractivity contribution in [1.29, 1.82) is 0 Å². The molecule has 1 heterocycles. The van der Waals surface area contributed by atoms with Crippen LogP contribution in [0.15, 0.2) is 0 Å². The fourth-order valence-corrected chi connectivity index (χ4v) is 0.663. The van der Waals surface area contributed by atoms with Gasteiger partial charge in [0.1, 0.15) is 4.87 Å². The first-order valence-electron chi connectivity index (χ1n) is 2.58. The molecule has 0 aliphatic carbocycles. The summed E-state index contributed by atoms with van der Waals surface area (Å²) in [5, 5.41) is 0. The van der Waals surface area contributed by atoms with Crippen LogP contribution in [-0.2, 0) is 0 Å². The summed E-state index contributed by atoms with van der Waals surface area (Å²) >= 11 is 0. The van der Waals surface area contributed by atoms with Gasteiger partial charge < -0.3 is 0 Å². The fraction of sp³-hybridized carbons (Fsp3) is 1.00. The zero-order valence-corrected chi connectivity index (χ0v) is 4.18. The highest BCUT2D eigenvalue weighted by Crippen LogP contribution is 1.91. The number of nitrogens with zero attached hydrogens (tertiary/aromatic N) is 1. The minimum Gasteiger partial charge on any atom is -0.153 e. The van der Waals surface area contributed by atoms with Crippen molar-refractivity contribution in [3.05, 3.63) is 4.91 Å². The molecule has 0 radical (unpaired) electrons. The molecule has 3 nitrogen and oxygen atoms in total. The molecule has 7 heavy (non-hydrogen) atoms. The van der Waals surface area contributed by atoms with E-state index in [0.717, 1.165) is 24.3 Å². The van der Waals surface area contributed by atoms with Crippen LogP contribution in [0, 0.1) is 4.91 Å². The van der Waals surface area contributed by atoms with Gasteiger partial charge >= 0.3 is 0 Å². The van der Waals surface area contributed by atoms with Crippen LogP contribution in [0.1, 0.15) is 12.8 Å². The molecule has 1 aliphatic rings. The SMILES string of the molecule is O=[N+]1CCCCN1.